The van der Waals surface area contributed by atoms with Gasteiger partial charge in [0.05, 0.1) is 11.1 Å². The van der Waals surface area contributed by atoms with Crippen LogP contribution in [0.4, 0.5) is 83.4 Å². The molecule has 0 amide bonds. The zero-order valence-electron chi connectivity index (χ0n) is 26.7. The van der Waals surface area contributed by atoms with Crippen LogP contribution in [0.25, 0.3) is 0 Å². The summed E-state index contributed by atoms with van der Waals surface area (Å²) in [5, 5.41) is 9.24. The Morgan fingerprint density at radius 3 is 1.37 bits per heavy atom. The summed E-state index contributed by atoms with van der Waals surface area (Å²) in [6.07, 6.45) is -7.99. The van der Waals surface area contributed by atoms with Gasteiger partial charge in [-0.3, -0.25) is 0 Å². The maximum atomic E-state index is 14.3. The lowest BCUT2D eigenvalue weighted by atomic mass is 9.87. The van der Waals surface area contributed by atoms with Crippen LogP contribution >= 0.6 is 0 Å². The SMILES string of the molecule is O=C(O)c1ccc(OC(=O)c2ccc(OCC(F)(F)C(F)(F)C(F)(F)C(F)(F)C(F)(F)C(F)(F)C(F)(F)C(F)(F)C(F)(F)F)cc2)c(C(=O)Oc2ccccc2)c1. The Balaban J connectivity index is 1.83. The first kappa shape index (κ1) is 45.9. The standard InChI is InChI=1S/C31H15F19O7/c32-23(33,24(34,35)25(36,37)26(38,39)27(40,41)28(42,43)29(44,45)30(46,47)31(48,49)50)13-55-16-9-6-14(7-10-16)21(53)57-19-11-8-15(20(51)52)12-18(19)22(54)56-17-4-2-1-3-5-17/h1-12H,13H2,(H,51,52). The van der Waals surface area contributed by atoms with Crippen LogP contribution in [0.3, 0.4) is 0 Å². The fourth-order valence-electron chi connectivity index (χ4n) is 4.07. The molecule has 57 heavy (non-hydrogen) atoms. The maximum absolute atomic E-state index is 14.3. The maximum Gasteiger partial charge on any atom is 0.460 e. The third-order valence-electron chi connectivity index (χ3n) is 7.29. The van der Waals surface area contributed by atoms with Crippen LogP contribution in [-0.4, -0.2) is 83.2 Å². The van der Waals surface area contributed by atoms with E-state index in [-0.39, 0.29) is 5.75 Å². The normalized spacial score (nSPS) is 13.9. The third kappa shape index (κ3) is 7.80. The van der Waals surface area contributed by atoms with Crippen molar-refractivity contribution < 1.29 is 117 Å². The number of rotatable bonds is 15. The highest BCUT2D eigenvalue weighted by Gasteiger charge is 2.96. The lowest BCUT2D eigenvalue weighted by Crippen LogP contribution is -2.76. The number of esters is 2. The van der Waals surface area contributed by atoms with Gasteiger partial charge in [-0.15, -0.1) is 0 Å². The number of benzene rings is 3. The summed E-state index contributed by atoms with van der Waals surface area (Å²) in [5.74, 6) is -74.2. The van der Waals surface area contributed by atoms with E-state index in [4.69, 9.17) is 9.47 Å². The topological polar surface area (TPSA) is 99.1 Å². The van der Waals surface area contributed by atoms with Gasteiger partial charge in [-0.2, -0.15) is 83.4 Å². The van der Waals surface area contributed by atoms with E-state index in [1.165, 1.54) is 30.3 Å². The van der Waals surface area contributed by atoms with Crippen LogP contribution in [-0.2, 0) is 0 Å². The zero-order chi connectivity index (χ0) is 44.0. The van der Waals surface area contributed by atoms with Crippen LogP contribution in [0.15, 0.2) is 72.8 Å². The van der Waals surface area contributed by atoms with Crippen molar-refractivity contribution in [1.82, 2.24) is 0 Å². The molecule has 0 saturated carbocycles. The van der Waals surface area contributed by atoms with Gasteiger partial charge in [0.1, 0.15) is 22.8 Å². The van der Waals surface area contributed by atoms with Gasteiger partial charge in [0.15, 0.2) is 6.61 Å². The number of carboxylic acids is 1. The minimum Gasteiger partial charge on any atom is -0.487 e. The van der Waals surface area contributed by atoms with Crippen LogP contribution in [0.2, 0.25) is 0 Å². The predicted molar refractivity (Wildman–Crippen MR) is 147 cm³/mol. The minimum atomic E-state index is -9.06. The Kier molecular flexibility index (Phi) is 11.9. The van der Waals surface area contributed by atoms with Crippen molar-refractivity contribution in [2.45, 2.75) is 53.6 Å². The van der Waals surface area contributed by atoms with Crippen molar-refractivity contribution in [3.63, 3.8) is 0 Å². The molecule has 3 aromatic rings. The summed E-state index contributed by atoms with van der Waals surface area (Å²) < 4.78 is 271. The van der Waals surface area contributed by atoms with Crippen LogP contribution in [0, 0.1) is 0 Å². The van der Waals surface area contributed by atoms with Gasteiger partial charge >= 0.3 is 71.5 Å². The highest BCUT2D eigenvalue weighted by Crippen LogP contribution is 2.65. The number of carbonyl (C=O) groups is 3. The van der Waals surface area contributed by atoms with Gasteiger partial charge in [-0.25, -0.2) is 14.4 Å². The number of carbonyl (C=O) groups excluding carboxylic acids is 2. The van der Waals surface area contributed by atoms with E-state index in [1.54, 1.807) is 0 Å². The monoisotopic (exact) mass is 860 g/mol. The second-order valence-corrected chi connectivity index (χ2v) is 11.1. The molecule has 0 radical (unpaired) electrons. The number of para-hydroxylation sites is 1. The molecule has 3 aromatic carbocycles. The van der Waals surface area contributed by atoms with Crippen molar-refractivity contribution >= 4 is 17.9 Å². The van der Waals surface area contributed by atoms with E-state index < -0.39 is 106 Å². The number of carboxylic acid groups (broad SMARTS) is 1. The van der Waals surface area contributed by atoms with Crippen molar-refractivity contribution in [3.8, 4) is 17.2 Å². The summed E-state index contributed by atoms with van der Waals surface area (Å²) in [7, 11) is 0. The Hall–Kier alpha value is -5.46. The fraction of sp³-hybridized carbons (Fsp3) is 0.323. The predicted octanol–water partition coefficient (Wildman–Crippen LogP) is 9.85. The summed E-state index contributed by atoms with van der Waals surface area (Å²) in [6.45, 7) is -3.30. The Morgan fingerprint density at radius 2 is 0.912 bits per heavy atom. The van der Waals surface area contributed by atoms with E-state index in [9.17, 15) is 103 Å². The molecule has 0 aliphatic carbocycles. The molecule has 0 bridgehead atoms. The summed E-state index contributed by atoms with van der Waals surface area (Å²) >= 11 is 0. The molecule has 314 valence electrons. The van der Waals surface area contributed by atoms with E-state index in [0.717, 1.165) is 18.2 Å². The lowest BCUT2D eigenvalue weighted by molar-refractivity contribution is -0.469. The van der Waals surface area contributed by atoms with Crippen LogP contribution in [0.1, 0.15) is 31.1 Å². The molecule has 26 heteroatoms. The quantitative estimate of drug-likeness (QED) is 0.0924. The summed E-state index contributed by atoms with van der Waals surface area (Å²) in [6, 6.07) is 11.1. The molecular weight excluding hydrogens is 845 g/mol. The van der Waals surface area contributed by atoms with E-state index in [0.29, 0.717) is 24.3 Å². The molecule has 0 saturated heterocycles. The minimum absolute atomic E-state index is 0.0618. The Morgan fingerprint density at radius 1 is 0.474 bits per heavy atom. The van der Waals surface area contributed by atoms with Gasteiger partial charge in [0, 0.05) is 0 Å². The lowest BCUT2D eigenvalue weighted by Gasteiger charge is -2.43. The number of alkyl halides is 19. The van der Waals surface area contributed by atoms with Gasteiger partial charge in [-0.05, 0) is 54.6 Å². The van der Waals surface area contributed by atoms with Crippen LogP contribution < -0.4 is 14.2 Å². The van der Waals surface area contributed by atoms with Crippen molar-refractivity contribution in [3.05, 3.63) is 89.5 Å². The molecule has 0 atom stereocenters. The first-order chi connectivity index (χ1) is 25.6. The molecule has 7 nitrogen and oxygen atoms in total. The molecule has 0 unspecified atom stereocenters. The smallest absolute Gasteiger partial charge is 0.460 e. The van der Waals surface area contributed by atoms with Crippen molar-refractivity contribution in [2.24, 2.45) is 0 Å². The van der Waals surface area contributed by atoms with E-state index in [1.807, 2.05) is 0 Å². The highest BCUT2D eigenvalue weighted by molar-refractivity contribution is 5.99. The fourth-order valence-corrected chi connectivity index (χ4v) is 4.07. The zero-order valence-corrected chi connectivity index (χ0v) is 26.7. The van der Waals surface area contributed by atoms with Gasteiger partial charge < -0.3 is 19.3 Å². The molecule has 0 aromatic heterocycles. The molecule has 0 heterocycles. The Bertz CT molecular complexity index is 1960. The van der Waals surface area contributed by atoms with Gasteiger partial charge in [0.2, 0.25) is 0 Å². The molecule has 0 aliphatic rings. The van der Waals surface area contributed by atoms with E-state index >= 15 is 0 Å². The number of halogens is 19. The first-order valence-corrected chi connectivity index (χ1v) is 14.3. The van der Waals surface area contributed by atoms with Crippen molar-refractivity contribution in [2.75, 3.05) is 6.61 Å². The summed E-state index contributed by atoms with van der Waals surface area (Å²) in [4.78, 5) is 36.8. The number of ether oxygens (including phenoxy) is 3. The average molecular weight is 860 g/mol. The average Bonchev–Trinajstić information content (AvgIpc) is 3.10. The third-order valence-corrected chi connectivity index (χ3v) is 7.29. The second kappa shape index (κ2) is 14.8. The highest BCUT2D eigenvalue weighted by atomic mass is 19.4. The van der Waals surface area contributed by atoms with E-state index in [2.05, 4.69) is 4.74 Å². The Labute approximate surface area is 302 Å². The van der Waals surface area contributed by atoms with Crippen LogP contribution in [0.5, 0.6) is 17.2 Å². The van der Waals surface area contributed by atoms with Gasteiger partial charge in [-0.1, -0.05) is 18.2 Å². The molecule has 1 N–H and O–H groups in total. The number of hydrogen-bond acceptors (Lipinski definition) is 6. The molecule has 0 aliphatic heterocycles. The second-order valence-electron chi connectivity index (χ2n) is 11.1. The molecule has 0 fully saturated rings. The largest absolute Gasteiger partial charge is 0.487 e. The molecular formula is C31H15F19O7. The first-order valence-electron chi connectivity index (χ1n) is 14.3. The molecule has 0 spiro atoms. The van der Waals surface area contributed by atoms with Crippen molar-refractivity contribution in [1.29, 1.82) is 0 Å². The number of hydrogen-bond donors (Lipinski definition) is 1. The summed E-state index contributed by atoms with van der Waals surface area (Å²) in [5.41, 5.74) is -1.84. The molecule has 3 rings (SSSR count). The van der Waals surface area contributed by atoms with Gasteiger partial charge in [0.25, 0.3) is 0 Å². The number of aromatic carboxylic acids is 1.